The number of pyridine rings is 1. The van der Waals surface area contributed by atoms with Crippen LogP contribution in [0.3, 0.4) is 0 Å². The molecule has 27 heavy (non-hydrogen) atoms. The first-order valence-corrected chi connectivity index (χ1v) is 8.56. The monoisotopic (exact) mass is 402 g/mol. The fraction of sp³-hybridized carbons (Fsp3) is 0.412. The first-order valence-electron chi connectivity index (χ1n) is 8.18. The van der Waals surface area contributed by atoms with Gasteiger partial charge in [0.2, 0.25) is 5.82 Å². The molecule has 0 aromatic carbocycles. The van der Waals surface area contributed by atoms with E-state index < -0.39 is 24.2 Å². The summed E-state index contributed by atoms with van der Waals surface area (Å²) in [6.45, 7) is 0.174. The van der Waals surface area contributed by atoms with Gasteiger partial charge in [-0.25, -0.2) is 14.4 Å². The molecular weight excluding hydrogens is 388 g/mol. The molecule has 0 spiro atoms. The van der Waals surface area contributed by atoms with Crippen molar-refractivity contribution in [3.05, 3.63) is 41.2 Å². The molecule has 0 bridgehead atoms. The Morgan fingerprint density at radius 1 is 1.22 bits per heavy atom. The Kier molecular flexibility index (Phi) is 5.71. The van der Waals surface area contributed by atoms with Crippen molar-refractivity contribution < 1.29 is 22.4 Å². The number of carbonyl (C=O) groups excluding carboxylic acids is 1. The van der Waals surface area contributed by atoms with Crippen molar-refractivity contribution in [3.63, 3.8) is 0 Å². The van der Waals surface area contributed by atoms with E-state index in [1.807, 2.05) is 0 Å². The highest BCUT2D eigenvalue weighted by Gasteiger charge is 2.34. The normalized spacial score (nSPS) is 20.0. The van der Waals surface area contributed by atoms with Gasteiger partial charge in [-0.15, -0.1) is 0 Å². The SMILES string of the molecule is O=C(CCc1cc(-c2cnc(C(F)(F)F)nc2)c(Cl)cn1)[C@@H]1C[C@@H](F)CN1. The zero-order valence-corrected chi connectivity index (χ0v) is 14.7. The highest BCUT2D eigenvalue weighted by molar-refractivity contribution is 6.33. The molecule has 0 amide bonds. The largest absolute Gasteiger partial charge is 0.451 e. The van der Waals surface area contributed by atoms with E-state index in [2.05, 4.69) is 20.3 Å². The number of rotatable bonds is 5. The van der Waals surface area contributed by atoms with Crippen LogP contribution in [0.4, 0.5) is 17.6 Å². The minimum atomic E-state index is -4.63. The summed E-state index contributed by atoms with van der Waals surface area (Å²) in [5.41, 5.74) is 1.27. The topological polar surface area (TPSA) is 67.8 Å². The number of aromatic nitrogens is 3. The summed E-state index contributed by atoms with van der Waals surface area (Å²) in [6, 6.07) is 1.09. The smallest absolute Gasteiger partial charge is 0.304 e. The van der Waals surface area contributed by atoms with Gasteiger partial charge < -0.3 is 5.32 Å². The lowest BCUT2D eigenvalue weighted by atomic mass is 10.0. The van der Waals surface area contributed by atoms with Crippen LogP contribution in [-0.4, -0.2) is 39.5 Å². The molecule has 0 radical (unpaired) electrons. The number of nitrogens with zero attached hydrogens (tertiary/aromatic N) is 3. The van der Waals surface area contributed by atoms with Crippen LogP contribution in [0.15, 0.2) is 24.7 Å². The molecule has 0 saturated carbocycles. The lowest BCUT2D eigenvalue weighted by molar-refractivity contribution is -0.145. The number of carbonyl (C=O) groups is 1. The van der Waals surface area contributed by atoms with Gasteiger partial charge >= 0.3 is 6.18 Å². The van der Waals surface area contributed by atoms with E-state index in [1.54, 1.807) is 6.07 Å². The number of aryl methyl sites for hydroxylation is 1. The number of hydrogen-bond donors (Lipinski definition) is 1. The summed E-state index contributed by atoms with van der Waals surface area (Å²) < 4.78 is 50.9. The summed E-state index contributed by atoms with van der Waals surface area (Å²) in [6.07, 6.45) is -1.56. The van der Waals surface area contributed by atoms with Gasteiger partial charge in [0.05, 0.1) is 11.1 Å². The predicted molar refractivity (Wildman–Crippen MR) is 89.9 cm³/mol. The Morgan fingerprint density at radius 2 is 1.93 bits per heavy atom. The zero-order chi connectivity index (χ0) is 19.6. The third kappa shape index (κ3) is 4.78. The number of halogens is 5. The highest BCUT2D eigenvalue weighted by atomic mass is 35.5. The lowest BCUT2D eigenvalue weighted by Gasteiger charge is -2.10. The summed E-state index contributed by atoms with van der Waals surface area (Å²) in [7, 11) is 0. The fourth-order valence-electron chi connectivity index (χ4n) is 2.82. The Bertz CT molecular complexity index is 829. The molecule has 3 heterocycles. The van der Waals surface area contributed by atoms with Gasteiger partial charge in [-0.3, -0.25) is 9.78 Å². The van der Waals surface area contributed by atoms with Crippen molar-refractivity contribution in [1.29, 1.82) is 0 Å². The van der Waals surface area contributed by atoms with Crippen LogP contribution in [0.2, 0.25) is 5.02 Å². The van der Waals surface area contributed by atoms with Gasteiger partial charge in [0.1, 0.15) is 12.0 Å². The van der Waals surface area contributed by atoms with Gasteiger partial charge in [0.15, 0.2) is 0 Å². The molecule has 1 aliphatic rings. The average molecular weight is 403 g/mol. The highest BCUT2D eigenvalue weighted by Crippen LogP contribution is 2.30. The van der Waals surface area contributed by atoms with Crippen LogP contribution >= 0.6 is 11.6 Å². The first-order chi connectivity index (χ1) is 12.7. The molecule has 2 aromatic heterocycles. The van der Waals surface area contributed by atoms with Crippen LogP contribution < -0.4 is 5.32 Å². The van der Waals surface area contributed by atoms with E-state index in [0.717, 1.165) is 12.4 Å². The average Bonchev–Trinajstić information content (AvgIpc) is 3.07. The second kappa shape index (κ2) is 7.85. The summed E-state index contributed by atoms with van der Waals surface area (Å²) in [5, 5.41) is 3.06. The summed E-state index contributed by atoms with van der Waals surface area (Å²) >= 11 is 6.08. The number of nitrogens with one attached hydrogen (secondary N) is 1. The van der Waals surface area contributed by atoms with Crippen LogP contribution in [0.5, 0.6) is 0 Å². The van der Waals surface area contributed by atoms with Crippen molar-refractivity contribution >= 4 is 17.4 Å². The quantitative estimate of drug-likeness (QED) is 0.776. The second-order valence-electron chi connectivity index (χ2n) is 6.21. The number of alkyl halides is 4. The molecular formula is C17H15ClF4N4O. The van der Waals surface area contributed by atoms with E-state index in [9.17, 15) is 22.4 Å². The molecule has 1 saturated heterocycles. The molecule has 144 valence electrons. The second-order valence-corrected chi connectivity index (χ2v) is 6.62. The van der Waals surface area contributed by atoms with Crippen molar-refractivity contribution in [2.75, 3.05) is 6.54 Å². The minimum absolute atomic E-state index is 0.105. The van der Waals surface area contributed by atoms with E-state index in [0.29, 0.717) is 23.2 Å². The van der Waals surface area contributed by atoms with E-state index in [-0.39, 0.29) is 30.2 Å². The first kappa shape index (κ1) is 19.6. The van der Waals surface area contributed by atoms with Crippen molar-refractivity contribution in [3.8, 4) is 11.1 Å². The molecule has 5 nitrogen and oxygen atoms in total. The molecule has 10 heteroatoms. The van der Waals surface area contributed by atoms with Crippen molar-refractivity contribution in [2.24, 2.45) is 0 Å². The predicted octanol–water partition coefficient (Wildman–Crippen LogP) is 3.41. The fourth-order valence-corrected chi connectivity index (χ4v) is 3.03. The molecule has 2 atom stereocenters. The Morgan fingerprint density at radius 3 is 2.52 bits per heavy atom. The van der Waals surface area contributed by atoms with E-state index in [1.165, 1.54) is 6.20 Å². The maximum absolute atomic E-state index is 13.2. The lowest BCUT2D eigenvalue weighted by Crippen LogP contribution is -2.30. The Hall–Kier alpha value is -2.13. The van der Waals surface area contributed by atoms with E-state index in [4.69, 9.17) is 11.6 Å². The van der Waals surface area contributed by atoms with Gasteiger partial charge in [-0.2, -0.15) is 13.2 Å². The van der Waals surface area contributed by atoms with Gasteiger partial charge in [0, 0.05) is 54.8 Å². The Labute approximate surface area is 157 Å². The van der Waals surface area contributed by atoms with Gasteiger partial charge in [0.25, 0.3) is 0 Å². The third-order valence-corrected chi connectivity index (χ3v) is 4.52. The molecule has 0 aliphatic carbocycles. The minimum Gasteiger partial charge on any atom is -0.304 e. The van der Waals surface area contributed by atoms with Crippen LogP contribution in [0, 0.1) is 0 Å². The van der Waals surface area contributed by atoms with E-state index >= 15 is 0 Å². The summed E-state index contributed by atoms with van der Waals surface area (Å²) in [4.78, 5) is 22.9. The number of ketones is 1. The maximum atomic E-state index is 13.2. The third-order valence-electron chi connectivity index (χ3n) is 4.22. The maximum Gasteiger partial charge on any atom is 0.451 e. The standard InChI is InChI=1S/C17H15ClF4N4O/c18-13-8-23-11(1-2-15(27)14-3-10(19)7-24-14)4-12(13)9-5-25-16(26-6-9)17(20,21)22/h4-6,8,10,14,24H,1-3,7H2/t10-,14+/m1/s1. The van der Waals surface area contributed by atoms with Crippen molar-refractivity contribution in [2.45, 2.75) is 37.7 Å². The molecule has 3 rings (SSSR count). The van der Waals surface area contributed by atoms with Gasteiger partial charge in [-0.1, -0.05) is 11.6 Å². The van der Waals surface area contributed by atoms with Gasteiger partial charge in [-0.05, 0) is 12.5 Å². The van der Waals surface area contributed by atoms with Crippen molar-refractivity contribution in [1.82, 2.24) is 20.3 Å². The van der Waals surface area contributed by atoms with Crippen LogP contribution in [0.1, 0.15) is 24.4 Å². The molecule has 1 N–H and O–H groups in total. The van der Waals surface area contributed by atoms with Crippen LogP contribution in [-0.2, 0) is 17.4 Å². The molecule has 1 aliphatic heterocycles. The Balaban J connectivity index is 1.71. The van der Waals surface area contributed by atoms with Crippen LogP contribution in [0.25, 0.3) is 11.1 Å². The number of hydrogen-bond acceptors (Lipinski definition) is 5. The number of Topliss-reactive ketones (excluding diaryl/α,β-unsaturated/α-hetero) is 1. The molecule has 1 fully saturated rings. The summed E-state index contributed by atoms with van der Waals surface area (Å²) in [5.74, 6) is -1.34. The molecule has 0 unspecified atom stereocenters. The zero-order valence-electron chi connectivity index (χ0n) is 13.9. The molecule has 2 aromatic rings.